The number of ether oxygens (including phenoxy) is 1. The number of cyclic esters (lactones) is 1. The topological polar surface area (TPSA) is 71.8 Å². The molecule has 6 heteroatoms. The molecule has 0 radical (unpaired) electrons. The van der Waals surface area contributed by atoms with E-state index in [1.165, 1.54) is 0 Å². The second-order valence-electron chi connectivity index (χ2n) is 9.96. The molecule has 4 rings (SSSR count). The number of aryl methyl sites for hydroxylation is 2. The monoisotopic (exact) mass is 490 g/mol. The van der Waals surface area contributed by atoms with Crippen LogP contribution in [0.5, 0.6) is 0 Å². The van der Waals surface area contributed by atoms with Crippen molar-refractivity contribution in [2.45, 2.75) is 71.8 Å². The Bertz CT molecular complexity index is 1150. The minimum Gasteiger partial charge on any atom is -0.446 e. The first-order chi connectivity index (χ1) is 17.1. The van der Waals surface area contributed by atoms with E-state index in [9.17, 15) is 14.7 Å². The van der Waals surface area contributed by atoms with Crippen LogP contribution in [0.2, 0.25) is 0 Å². The van der Waals surface area contributed by atoms with E-state index in [-0.39, 0.29) is 23.8 Å². The van der Waals surface area contributed by atoms with Gasteiger partial charge in [-0.05, 0) is 57.4 Å². The predicted octanol–water partition coefficient (Wildman–Crippen LogP) is 5.96. The van der Waals surface area contributed by atoms with Crippen LogP contribution < -0.4 is 5.56 Å². The van der Waals surface area contributed by atoms with Gasteiger partial charge in [0.05, 0.1) is 11.6 Å². The molecule has 1 aliphatic rings. The number of benzene rings is 2. The standard InChI is InChI=1S/C24H32N2O4.C6H6/c1-6-25-15-20(13-16(2)22(25)27)19-9-7-18(8-10-19)17(3)26-12-11-21(30-23(26)28)14-24(4,5)29;1-2-4-6-5-3-1/h7-10,13,15,17,21,29H,6,11-12,14H2,1-5H3;1-6H. The number of rotatable bonds is 6. The number of aromatic nitrogens is 1. The Labute approximate surface area is 214 Å². The molecule has 0 aliphatic carbocycles. The summed E-state index contributed by atoms with van der Waals surface area (Å²) >= 11 is 0. The molecule has 2 unspecified atom stereocenters. The highest BCUT2D eigenvalue weighted by Crippen LogP contribution is 2.29. The average Bonchev–Trinajstić information content (AvgIpc) is 2.86. The lowest BCUT2D eigenvalue weighted by molar-refractivity contribution is -0.0309. The van der Waals surface area contributed by atoms with Gasteiger partial charge in [0.25, 0.3) is 5.56 Å². The SMILES string of the molecule is CCn1cc(-c2ccc(C(C)N3CCC(CC(C)(C)O)OC3=O)cc2)cc(C)c1=O.c1ccccc1. The van der Waals surface area contributed by atoms with E-state index in [1.54, 1.807) is 23.3 Å². The zero-order chi connectivity index (χ0) is 26.3. The van der Waals surface area contributed by atoms with Gasteiger partial charge in [-0.25, -0.2) is 4.79 Å². The quantitative estimate of drug-likeness (QED) is 0.463. The Kier molecular flexibility index (Phi) is 9.10. The number of aliphatic hydroxyl groups is 1. The molecule has 1 amide bonds. The molecule has 6 nitrogen and oxygen atoms in total. The molecule has 0 spiro atoms. The molecule has 2 atom stereocenters. The van der Waals surface area contributed by atoms with Gasteiger partial charge in [0.2, 0.25) is 0 Å². The summed E-state index contributed by atoms with van der Waals surface area (Å²) in [7, 11) is 0. The van der Waals surface area contributed by atoms with Crippen molar-refractivity contribution in [1.29, 1.82) is 0 Å². The van der Waals surface area contributed by atoms with Crippen molar-refractivity contribution in [2.24, 2.45) is 0 Å². The van der Waals surface area contributed by atoms with Crippen molar-refractivity contribution in [1.82, 2.24) is 9.47 Å². The third-order valence-corrected chi connectivity index (χ3v) is 6.39. The maximum absolute atomic E-state index is 12.5. The van der Waals surface area contributed by atoms with E-state index in [1.807, 2.05) is 93.7 Å². The lowest BCUT2D eigenvalue weighted by atomic mass is 9.97. The highest BCUT2D eigenvalue weighted by molar-refractivity contribution is 5.69. The van der Waals surface area contributed by atoms with Gasteiger partial charge in [0.15, 0.2) is 0 Å². The summed E-state index contributed by atoms with van der Waals surface area (Å²) in [5.74, 6) is 0. The summed E-state index contributed by atoms with van der Waals surface area (Å²) in [4.78, 5) is 26.4. The molecule has 1 N–H and O–H groups in total. The Morgan fingerprint density at radius 3 is 2.11 bits per heavy atom. The van der Waals surface area contributed by atoms with Crippen molar-refractivity contribution < 1.29 is 14.6 Å². The molecule has 3 aromatic rings. The second kappa shape index (κ2) is 12.0. The zero-order valence-electron chi connectivity index (χ0n) is 22.0. The van der Waals surface area contributed by atoms with Gasteiger partial charge in [-0.3, -0.25) is 4.79 Å². The van der Waals surface area contributed by atoms with Crippen LogP contribution in [0.3, 0.4) is 0 Å². The summed E-state index contributed by atoms with van der Waals surface area (Å²) < 4.78 is 7.27. The molecule has 36 heavy (non-hydrogen) atoms. The third kappa shape index (κ3) is 7.31. The van der Waals surface area contributed by atoms with E-state index < -0.39 is 5.60 Å². The molecular formula is C30H38N2O4. The van der Waals surface area contributed by atoms with E-state index in [0.29, 0.717) is 25.9 Å². The minimum absolute atomic E-state index is 0.0398. The summed E-state index contributed by atoms with van der Waals surface area (Å²) in [6, 6.07) is 21.9. The van der Waals surface area contributed by atoms with Crippen molar-refractivity contribution in [2.75, 3.05) is 6.54 Å². The van der Waals surface area contributed by atoms with Gasteiger partial charge in [0, 0.05) is 37.7 Å². The van der Waals surface area contributed by atoms with Gasteiger partial charge in [-0.2, -0.15) is 0 Å². The molecular weight excluding hydrogens is 452 g/mol. The number of hydrogen-bond acceptors (Lipinski definition) is 4. The Morgan fingerprint density at radius 2 is 1.61 bits per heavy atom. The van der Waals surface area contributed by atoms with E-state index in [4.69, 9.17) is 4.74 Å². The molecule has 2 heterocycles. The van der Waals surface area contributed by atoms with Crippen LogP contribution in [0.4, 0.5) is 4.79 Å². The fourth-order valence-electron chi connectivity index (χ4n) is 4.39. The summed E-state index contributed by atoms with van der Waals surface area (Å²) in [6.45, 7) is 10.5. The third-order valence-electron chi connectivity index (χ3n) is 6.39. The molecule has 1 aromatic heterocycles. The first kappa shape index (κ1) is 27.2. The van der Waals surface area contributed by atoms with Gasteiger partial charge < -0.3 is 19.3 Å². The number of carbonyl (C=O) groups excluding carboxylic acids is 1. The maximum atomic E-state index is 12.5. The highest BCUT2D eigenvalue weighted by atomic mass is 16.6. The van der Waals surface area contributed by atoms with Gasteiger partial charge in [-0.1, -0.05) is 60.7 Å². The Balaban J connectivity index is 0.000000526. The lowest BCUT2D eigenvalue weighted by Crippen LogP contribution is -2.45. The molecule has 1 saturated heterocycles. The first-order valence-electron chi connectivity index (χ1n) is 12.6. The van der Waals surface area contributed by atoms with E-state index >= 15 is 0 Å². The van der Waals surface area contributed by atoms with Crippen LogP contribution in [-0.4, -0.2) is 38.9 Å². The highest BCUT2D eigenvalue weighted by Gasteiger charge is 2.33. The fourth-order valence-corrected chi connectivity index (χ4v) is 4.39. The zero-order valence-corrected chi connectivity index (χ0v) is 22.0. The second-order valence-corrected chi connectivity index (χ2v) is 9.96. The van der Waals surface area contributed by atoms with Crippen LogP contribution >= 0.6 is 0 Å². The van der Waals surface area contributed by atoms with Crippen LogP contribution in [-0.2, 0) is 11.3 Å². The number of nitrogens with zero attached hydrogens (tertiary/aromatic N) is 2. The smallest absolute Gasteiger partial charge is 0.410 e. The molecule has 1 aliphatic heterocycles. The van der Waals surface area contributed by atoms with Crippen molar-refractivity contribution in [3.63, 3.8) is 0 Å². The molecule has 1 fully saturated rings. The van der Waals surface area contributed by atoms with Crippen molar-refractivity contribution in [3.8, 4) is 11.1 Å². The number of carbonyl (C=O) groups is 1. The fraction of sp³-hybridized carbons (Fsp3) is 0.400. The molecule has 2 aromatic carbocycles. The predicted molar refractivity (Wildman–Crippen MR) is 144 cm³/mol. The number of pyridine rings is 1. The summed E-state index contributed by atoms with van der Waals surface area (Å²) in [5.41, 5.74) is 2.97. The van der Waals surface area contributed by atoms with Crippen LogP contribution in [0.25, 0.3) is 11.1 Å². The number of amides is 1. The molecule has 0 saturated carbocycles. The first-order valence-corrected chi connectivity index (χ1v) is 12.6. The summed E-state index contributed by atoms with van der Waals surface area (Å²) in [5, 5.41) is 9.97. The Morgan fingerprint density at radius 1 is 1.03 bits per heavy atom. The lowest BCUT2D eigenvalue weighted by Gasteiger charge is -2.37. The van der Waals surface area contributed by atoms with E-state index in [0.717, 1.165) is 22.3 Å². The normalized spacial score (nSPS) is 16.6. The molecule has 192 valence electrons. The minimum atomic E-state index is -0.854. The summed E-state index contributed by atoms with van der Waals surface area (Å²) in [6.07, 6.45) is 2.45. The van der Waals surface area contributed by atoms with Crippen LogP contribution in [0.15, 0.2) is 77.7 Å². The number of hydrogen-bond donors (Lipinski definition) is 1. The Hall–Kier alpha value is -3.38. The van der Waals surface area contributed by atoms with Crippen LogP contribution in [0, 0.1) is 6.92 Å². The van der Waals surface area contributed by atoms with Gasteiger partial charge in [-0.15, -0.1) is 0 Å². The average molecular weight is 491 g/mol. The van der Waals surface area contributed by atoms with E-state index in [2.05, 4.69) is 0 Å². The molecule has 0 bridgehead atoms. The van der Waals surface area contributed by atoms with Crippen LogP contribution in [0.1, 0.15) is 57.7 Å². The van der Waals surface area contributed by atoms with Gasteiger partial charge >= 0.3 is 6.09 Å². The van der Waals surface area contributed by atoms with Gasteiger partial charge in [0.1, 0.15) is 6.10 Å². The van der Waals surface area contributed by atoms with Crippen molar-refractivity contribution >= 4 is 6.09 Å². The largest absolute Gasteiger partial charge is 0.446 e. The maximum Gasteiger partial charge on any atom is 0.410 e. The van der Waals surface area contributed by atoms with Crippen molar-refractivity contribution in [3.05, 3.63) is 94.4 Å².